The fourth-order valence-corrected chi connectivity index (χ4v) is 2.02. The zero-order valence-corrected chi connectivity index (χ0v) is 11.6. The third-order valence-electron chi connectivity index (χ3n) is 3.03. The van der Waals surface area contributed by atoms with Crippen LogP contribution in [0.3, 0.4) is 0 Å². The number of halogens is 2. The Morgan fingerprint density at radius 3 is 2.43 bits per heavy atom. The third-order valence-corrected chi connectivity index (χ3v) is 3.03. The number of carbonyl (C=O) groups is 1. The second-order valence-corrected chi connectivity index (χ2v) is 4.38. The summed E-state index contributed by atoms with van der Waals surface area (Å²) < 4.78 is 34.3. The van der Waals surface area contributed by atoms with Crippen molar-refractivity contribution in [3.8, 4) is 11.5 Å². The molecule has 5 heteroatoms. The number of hydrogen-bond donors (Lipinski definition) is 0. The van der Waals surface area contributed by atoms with Gasteiger partial charge in [0.1, 0.15) is 11.5 Å². The SMILES string of the molecule is COc1ccc(C(=O)c2ccccc2OC(F)F)c(C)c1. The molecule has 0 bridgehead atoms. The Morgan fingerprint density at radius 1 is 1.10 bits per heavy atom. The Labute approximate surface area is 121 Å². The molecule has 0 unspecified atom stereocenters. The van der Waals surface area contributed by atoms with Crippen LogP contribution in [0.5, 0.6) is 11.5 Å². The Bertz CT molecular complexity index is 654. The number of methoxy groups -OCH3 is 1. The molecule has 0 fully saturated rings. The van der Waals surface area contributed by atoms with Crippen LogP contribution in [0.4, 0.5) is 8.78 Å². The van der Waals surface area contributed by atoms with Gasteiger partial charge in [-0.3, -0.25) is 4.79 Å². The van der Waals surface area contributed by atoms with E-state index in [2.05, 4.69) is 4.74 Å². The number of aryl methyl sites for hydroxylation is 1. The Hall–Kier alpha value is -2.43. The molecular formula is C16H14F2O3. The molecule has 0 aliphatic heterocycles. The standard InChI is InChI=1S/C16H14F2O3/c1-10-9-11(20-2)7-8-12(10)15(19)13-5-3-4-6-14(13)21-16(17)18/h3-9,16H,1-2H3. The van der Waals surface area contributed by atoms with Crippen LogP contribution in [0.2, 0.25) is 0 Å². The molecule has 0 N–H and O–H groups in total. The maximum absolute atomic E-state index is 12.5. The lowest BCUT2D eigenvalue weighted by Crippen LogP contribution is -2.09. The predicted molar refractivity (Wildman–Crippen MR) is 74.2 cm³/mol. The fourth-order valence-electron chi connectivity index (χ4n) is 2.02. The predicted octanol–water partition coefficient (Wildman–Crippen LogP) is 3.84. The second-order valence-electron chi connectivity index (χ2n) is 4.38. The lowest BCUT2D eigenvalue weighted by Gasteiger charge is -2.11. The molecule has 2 aromatic carbocycles. The third kappa shape index (κ3) is 3.37. The first-order valence-electron chi connectivity index (χ1n) is 6.26. The molecule has 2 rings (SSSR count). The highest BCUT2D eigenvalue weighted by atomic mass is 19.3. The molecule has 0 radical (unpaired) electrons. The van der Waals surface area contributed by atoms with Gasteiger partial charge < -0.3 is 9.47 Å². The number of para-hydroxylation sites is 1. The Morgan fingerprint density at radius 2 is 1.81 bits per heavy atom. The van der Waals surface area contributed by atoms with Crippen molar-refractivity contribution in [2.75, 3.05) is 7.11 Å². The van der Waals surface area contributed by atoms with Crippen molar-refractivity contribution in [3.63, 3.8) is 0 Å². The highest BCUT2D eigenvalue weighted by Gasteiger charge is 2.18. The summed E-state index contributed by atoms with van der Waals surface area (Å²) in [5.74, 6) is 0.125. The van der Waals surface area contributed by atoms with Crippen LogP contribution in [0, 0.1) is 6.92 Å². The molecule has 0 saturated carbocycles. The van der Waals surface area contributed by atoms with Crippen LogP contribution in [0.15, 0.2) is 42.5 Å². The summed E-state index contributed by atoms with van der Waals surface area (Å²) in [5, 5.41) is 0. The quantitative estimate of drug-likeness (QED) is 0.786. The number of ether oxygens (including phenoxy) is 2. The number of rotatable bonds is 5. The number of hydrogen-bond acceptors (Lipinski definition) is 3. The van der Waals surface area contributed by atoms with Crippen LogP contribution in [-0.4, -0.2) is 19.5 Å². The molecule has 110 valence electrons. The zero-order chi connectivity index (χ0) is 15.4. The second kappa shape index (κ2) is 6.35. The first-order chi connectivity index (χ1) is 10.0. The number of alkyl halides is 2. The smallest absolute Gasteiger partial charge is 0.387 e. The van der Waals surface area contributed by atoms with Gasteiger partial charge in [0.25, 0.3) is 0 Å². The molecule has 0 spiro atoms. The summed E-state index contributed by atoms with van der Waals surface area (Å²) in [4.78, 5) is 12.5. The van der Waals surface area contributed by atoms with Crippen molar-refractivity contribution in [1.82, 2.24) is 0 Å². The average Bonchev–Trinajstić information content (AvgIpc) is 2.46. The van der Waals surface area contributed by atoms with Crippen molar-refractivity contribution in [2.24, 2.45) is 0 Å². The fraction of sp³-hybridized carbons (Fsp3) is 0.188. The molecule has 0 saturated heterocycles. The van der Waals surface area contributed by atoms with E-state index in [1.54, 1.807) is 31.2 Å². The van der Waals surface area contributed by atoms with Crippen LogP contribution >= 0.6 is 0 Å². The molecule has 0 amide bonds. The highest BCUT2D eigenvalue weighted by Crippen LogP contribution is 2.26. The zero-order valence-electron chi connectivity index (χ0n) is 11.6. The molecule has 3 nitrogen and oxygen atoms in total. The minimum atomic E-state index is -2.98. The summed E-state index contributed by atoms with van der Waals surface area (Å²) in [6.07, 6.45) is 0. The molecule has 21 heavy (non-hydrogen) atoms. The van der Waals surface area contributed by atoms with Gasteiger partial charge in [0.15, 0.2) is 5.78 Å². The maximum Gasteiger partial charge on any atom is 0.387 e. The van der Waals surface area contributed by atoms with Crippen molar-refractivity contribution in [3.05, 3.63) is 59.2 Å². The van der Waals surface area contributed by atoms with Crippen LogP contribution < -0.4 is 9.47 Å². The van der Waals surface area contributed by atoms with E-state index in [1.165, 1.54) is 25.3 Å². The van der Waals surface area contributed by atoms with Gasteiger partial charge in [-0.15, -0.1) is 0 Å². The van der Waals surface area contributed by atoms with Gasteiger partial charge in [0.2, 0.25) is 0 Å². The van der Waals surface area contributed by atoms with Gasteiger partial charge in [-0.05, 0) is 42.8 Å². The minimum Gasteiger partial charge on any atom is -0.497 e. The lowest BCUT2D eigenvalue weighted by atomic mass is 9.98. The van der Waals surface area contributed by atoms with Gasteiger partial charge in [0.05, 0.1) is 12.7 Å². The average molecular weight is 292 g/mol. The van der Waals surface area contributed by atoms with Crippen molar-refractivity contribution in [2.45, 2.75) is 13.5 Å². The van der Waals surface area contributed by atoms with E-state index >= 15 is 0 Å². The Kier molecular flexibility index (Phi) is 4.52. The summed E-state index contributed by atoms with van der Waals surface area (Å²) in [6, 6.07) is 10.9. The van der Waals surface area contributed by atoms with Crippen LogP contribution in [-0.2, 0) is 0 Å². The Balaban J connectivity index is 2.40. The number of benzene rings is 2. The molecular weight excluding hydrogens is 278 g/mol. The van der Waals surface area contributed by atoms with Crippen molar-refractivity contribution < 1.29 is 23.0 Å². The van der Waals surface area contributed by atoms with Gasteiger partial charge in [-0.25, -0.2) is 0 Å². The first kappa shape index (κ1) is 15.0. The van der Waals surface area contributed by atoms with E-state index < -0.39 is 6.61 Å². The normalized spacial score (nSPS) is 10.5. The molecule has 2 aromatic rings. The van der Waals surface area contributed by atoms with E-state index in [4.69, 9.17) is 4.74 Å². The van der Waals surface area contributed by atoms with E-state index in [0.717, 1.165) is 0 Å². The van der Waals surface area contributed by atoms with Gasteiger partial charge >= 0.3 is 6.61 Å². The number of ketones is 1. The van der Waals surface area contributed by atoms with Crippen molar-refractivity contribution in [1.29, 1.82) is 0 Å². The minimum absolute atomic E-state index is 0.103. The van der Waals surface area contributed by atoms with E-state index in [9.17, 15) is 13.6 Å². The molecule has 0 heterocycles. The number of carbonyl (C=O) groups excluding carboxylic acids is 1. The van der Waals surface area contributed by atoms with Crippen LogP contribution in [0.1, 0.15) is 21.5 Å². The van der Waals surface area contributed by atoms with E-state index in [0.29, 0.717) is 16.9 Å². The van der Waals surface area contributed by atoms with Gasteiger partial charge in [0, 0.05) is 5.56 Å². The monoisotopic (exact) mass is 292 g/mol. The summed E-state index contributed by atoms with van der Waals surface area (Å²) in [7, 11) is 1.53. The largest absolute Gasteiger partial charge is 0.497 e. The van der Waals surface area contributed by atoms with Gasteiger partial charge in [-0.1, -0.05) is 12.1 Å². The maximum atomic E-state index is 12.5. The van der Waals surface area contributed by atoms with Crippen molar-refractivity contribution >= 4 is 5.78 Å². The highest BCUT2D eigenvalue weighted by molar-refractivity contribution is 6.11. The molecule has 0 atom stereocenters. The summed E-state index contributed by atoms with van der Waals surface area (Å²) in [6.45, 7) is -1.22. The topological polar surface area (TPSA) is 35.5 Å². The first-order valence-corrected chi connectivity index (χ1v) is 6.26. The van der Waals surface area contributed by atoms with E-state index in [1.807, 2.05) is 0 Å². The van der Waals surface area contributed by atoms with Crippen LogP contribution in [0.25, 0.3) is 0 Å². The molecule has 0 aliphatic carbocycles. The summed E-state index contributed by atoms with van der Waals surface area (Å²) in [5.41, 5.74) is 1.22. The molecule has 0 aromatic heterocycles. The van der Waals surface area contributed by atoms with E-state index in [-0.39, 0.29) is 17.1 Å². The summed E-state index contributed by atoms with van der Waals surface area (Å²) >= 11 is 0. The molecule has 0 aliphatic rings. The van der Waals surface area contributed by atoms with Gasteiger partial charge in [-0.2, -0.15) is 8.78 Å². The lowest BCUT2D eigenvalue weighted by molar-refractivity contribution is -0.0501.